The zero-order valence-corrected chi connectivity index (χ0v) is 11.7. The Kier molecular flexibility index (Phi) is 2.88. The largest absolute Gasteiger partial charge is 0.0993 e. The van der Waals surface area contributed by atoms with Gasteiger partial charge in [-0.3, -0.25) is 0 Å². The fraction of sp³-hybridized carbons (Fsp3) is 0.882. The van der Waals surface area contributed by atoms with Gasteiger partial charge in [-0.05, 0) is 67.6 Å². The fourth-order valence-corrected chi connectivity index (χ4v) is 4.92. The third-order valence-corrected chi connectivity index (χ3v) is 6.33. The maximum Gasteiger partial charge on any atom is -0.00564 e. The van der Waals surface area contributed by atoms with E-state index in [0.29, 0.717) is 5.41 Å². The molecule has 0 N–H and O–H groups in total. The van der Waals surface area contributed by atoms with Gasteiger partial charge in [0, 0.05) is 0 Å². The first-order valence-electron chi connectivity index (χ1n) is 7.84. The van der Waals surface area contributed by atoms with E-state index in [0.717, 1.165) is 23.7 Å². The first-order valence-corrected chi connectivity index (χ1v) is 7.84. The summed E-state index contributed by atoms with van der Waals surface area (Å²) in [5.41, 5.74) is 2.29. The van der Waals surface area contributed by atoms with Gasteiger partial charge < -0.3 is 0 Å². The molecule has 3 aliphatic carbocycles. The summed E-state index contributed by atoms with van der Waals surface area (Å²) >= 11 is 0. The van der Waals surface area contributed by atoms with Crippen LogP contribution in [0.2, 0.25) is 0 Å². The quantitative estimate of drug-likeness (QED) is 0.585. The Balaban J connectivity index is 1.55. The average Bonchev–Trinajstić information content (AvgIpc) is 2.76. The highest BCUT2D eigenvalue weighted by Gasteiger charge is 2.61. The second kappa shape index (κ2) is 4.14. The second-order valence-corrected chi connectivity index (χ2v) is 7.24. The number of allylic oxidation sites excluding steroid dienone is 1. The highest BCUT2D eigenvalue weighted by molar-refractivity contribution is 5.27. The van der Waals surface area contributed by atoms with Crippen LogP contribution in [0.1, 0.15) is 65.2 Å². The van der Waals surface area contributed by atoms with Crippen LogP contribution in [-0.4, -0.2) is 0 Å². The molecule has 96 valence electrons. The summed E-state index contributed by atoms with van der Waals surface area (Å²) in [4.78, 5) is 0. The molecule has 3 aliphatic rings. The van der Waals surface area contributed by atoms with Crippen molar-refractivity contribution in [3.63, 3.8) is 0 Å². The summed E-state index contributed by atoms with van der Waals surface area (Å²) in [5, 5.41) is 0. The van der Waals surface area contributed by atoms with E-state index >= 15 is 0 Å². The maximum absolute atomic E-state index is 4.50. The van der Waals surface area contributed by atoms with E-state index in [4.69, 9.17) is 0 Å². The standard InChI is InChI=1S/C17H28/c1-4-14-5-6-15(10-14)9-13(3)17-8-7-12(2)16(17)11-17/h12,14-16H,3-11H2,1-2H3. The van der Waals surface area contributed by atoms with Gasteiger partial charge in [-0.15, -0.1) is 0 Å². The first kappa shape index (κ1) is 11.8. The highest BCUT2D eigenvalue weighted by Crippen LogP contribution is 2.70. The summed E-state index contributed by atoms with van der Waals surface area (Å²) < 4.78 is 0. The van der Waals surface area contributed by atoms with Crippen molar-refractivity contribution in [2.75, 3.05) is 0 Å². The van der Waals surface area contributed by atoms with Gasteiger partial charge in [0.2, 0.25) is 0 Å². The average molecular weight is 232 g/mol. The molecule has 0 aromatic carbocycles. The van der Waals surface area contributed by atoms with Gasteiger partial charge in [-0.25, -0.2) is 0 Å². The summed E-state index contributed by atoms with van der Waals surface area (Å²) in [7, 11) is 0. The molecule has 0 saturated heterocycles. The smallest absolute Gasteiger partial charge is 0.00564 e. The molecule has 0 aliphatic heterocycles. The van der Waals surface area contributed by atoms with Crippen LogP contribution in [0.5, 0.6) is 0 Å². The van der Waals surface area contributed by atoms with Gasteiger partial charge in [0.05, 0.1) is 0 Å². The number of hydrogen-bond acceptors (Lipinski definition) is 0. The Hall–Kier alpha value is -0.260. The minimum atomic E-state index is 0.643. The van der Waals surface area contributed by atoms with E-state index in [9.17, 15) is 0 Å². The molecule has 5 atom stereocenters. The predicted octanol–water partition coefficient (Wildman–Crippen LogP) is 5.20. The second-order valence-electron chi connectivity index (χ2n) is 7.24. The summed E-state index contributed by atoms with van der Waals surface area (Å²) in [6, 6.07) is 0. The molecule has 0 heteroatoms. The van der Waals surface area contributed by atoms with Crippen molar-refractivity contribution >= 4 is 0 Å². The van der Waals surface area contributed by atoms with Gasteiger partial charge in [0.1, 0.15) is 0 Å². The summed E-state index contributed by atoms with van der Waals surface area (Å²) in [6.45, 7) is 9.31. The molecule has 5 unspecified atom stereocenters. The van der Waals surface area contributed by atoms with Crippen LogP contribution in [-0.2, 0) is 0 Å². The van der Waals surface area contributed by atoms with E-state index in [2.05, 4.69) is 20.4 Å². The normalized spacial score (nSPS) is 48.1. The van der Waals surface area contributed by atoms with Gasteiger partial charge in [-0.2, -0.15) is 0 Å². The molecular weight excluding hydrogens is 204 g/mol. The Morgan fingerprint density at radius 3 is 2.53 bits per heavy atom. The molecule has 0 aromatic heterocycles. The Morgan fingerprint density at radius 1 is 1.24 bits per heavy atom. The van der Waals surface area contributed by atoms with Crippen LogP contribution in [0.15, 0.2) is 12.2 Å². The van der Waals surface area contributed by atoms with E-state index in [1.165, 1.54) is 51.4 Å². The van der Waals surface area contributed by atoms with Crippen LogP contribution in [0.4, 0.5) is 0 Å². The van der Waals surface area contributed by atoms with E-state index < -0.39 is 0 Å². The highest BCUT2D eigenvalue weighted by atomic mass is 14.6. The zero-order chi connectivity index (χ0) is 12.0. The molecule has 0 radical (unpaired) electrons. The lowest BCUT2D eigenvalue weighted by atomic mass is 9.86. The Bertz CT molecular complexity index is 316. The summed E-state index contributed by atoms with van der Waals surface area (Å²) in [5.74, 6) is 4.03. The lowest BCUT2D eigenvalue weighted by Crippen LogP contribution is -2.07. The van der Waals surface area contributed by atoms with Crippen molar-refractivity contribution in [3.05, 3.63) is 12.2 Å². The number of hydrogen-bond donors (Lipinski definition) is 0. The van der Waals surface area contributed by atoms with Crippen LogP contribution in [0.25, 0.3) is 0 Å². The van der Waals surface area contributed by atoms with Crippen LogP contribution < -0.4 is 0 Å². The molecule has 3 rings (SSSR count). The van der Waals surface area contributed by atoms with Crippen molar-refractivity contribution in [2.24, 2.45) is 29.1 Å². The van der Waals surface area contributed by atoms with E-state index in [1.54, 1.807) is 5.57 Å². The molecule has 0 spiro atoms. The van der Waals surface area contributed by atoms with Crippen molar-refractivity contribution in [3.8, 4) is 0 Å². The van der Waals surface area contributed by atoms with Gasteiger partial charge in [0.15, 0.2) is 0 Å². The monoisotopic (exact) mass is 232 g/mol. The number of fused-ring (bicyclic) bond motifs is 1. The molecule has 0 nitrogen and oxygen atoms in total. The van der Waals surface area contributed by atoms with Crippen molar-refractivity contribution in [1.29, 1.82) is 0 Å². The molecular formula is C17H28. The molecule has 0 bridgehead atoms. The topological polar surface area (TPSA) is 0 Å². The minimum Gasteiger partial charge on any atom is -0.0993 e. The first-order chi connectivity index (χ1) is 8.15. The lowest BCUT2D eigenvalue weighted by Gasteiger charge is -2.19. The molecule has 0 amide bonds. The van der Waals surface area contributed by atoms with Gasteiger partial charge >= 0.3 is 0 Å². The van der Waals surface area contributed by atoms with Crippen LogP contribution in [0.3, 0.4) is 0 Å². The lowest BCUT2D eigenvalue weighted by molar-refractivity contribution is 0.446. The molecule has 0 aromatic rings. The predicted molar refractivity (Wildman–Crippen MR) is 73.8 cm³/mol. The van der Waals surface area contributed by atoms with E-state index in [-0.39, 0.29) is 0 Å². The SMILES string of the molecule is C=C(CC1CCC(CC)C1)C12CCC(C)C1C2. The minimum absolute atomic E-state index is 0.643. The Morgan fingerprint density at radius 2 is 2.00 bits per heavy atom. The van der Waals surface area contributed by atoms with Gasteiger partial charge in [0.25, 0.3) is 0 Å². The number of rotatable bonds is 4. The Labute approximate surface area is 107 Å². The van der Waals surface area contributed by atoms with Crippen LogP contribution >= 0.6 is 0 Å². The maximum atomic E-state index is 4.50. The molecule has 3 saturated carbocycles. The zero-order valence-electron chi connectivity index (χ0n) is 11.7. The van der Waals surface area contributed by atoms with Gasteiger partial charge in [-0.1, -0.05) is 38.8 Å². The fourth-order valence-electron chi connectivity index (χ4n) is 4.92. The molecule has 3 fully saturated rings. The van der Waals surface area contributed by atoms with Crippen molar-refractivity contribution < 1.29 is 0 Å². The molecule has 17 heavy (non-hydrogen) atoms. The third-order valence-electron chi connectivity index (χ3n) is 6.33. The van der Waals surface area contributed by atoms with Crippen molar-refractivity contribution in [1.82, 2.24) is 0 Å². The molecule has 0 heterocycles. The van der Waals surface area contributed by atoms with Crippen molar-refractivity contribution in [2.45, 2.75) is 65.2 Å². The van der Waals surface area contributed by atoms with E-state index in [1.807, 2.05) is 0 Å². The summed E-state index contributed by atoms with van der Waals surface area (Å²) in [6.07, 6.45) is 11.6. The third kappa shape index (κ3) is 1.88. The van der Waals surface area contributed by atoms with Crippen LogP contribution in [0, 0.1) is 29.1 Å².